The van der Waals surface area contributed by atoms with Crippen LogP contribution >= 0.6 is 15.9 Å². The summed E-state index contributed by atoms with van der Waals surface area (Å²) in [4.78, 5) is 11.0. The van der Waals surface area contributed by atoms with E-state index in [1.807, 2.05) is 0 Å². The molecule has 0 N–H and O–H groups in total. The zero-order valence-corrected chi connectivity index (χ0v) is 11.2. The predicted molar refractivity (Wildman–Crippen MR) is 64.2 cm³/mol. The van der Waals surface area contributed by atoms with Gasteiger partial charge >= 0.3 is 6.18 Å². The van der Waals surface area contributed by atoms with Crippen LogP contribution in [0.4, 0.5) is 13.2 Å². The maximum Gasteiger partial charge on any atom is 0.456 e. The summed E-state index contributed by atoms with van der Waals surface area (Å²) in [6.07, 6.45) is -3.99. The van der Waals surface area contributed by atoms with Crippen LogP contribution in [0.3, 0.4) is 0 Å². The SMILES string of the molecule is Cc1c(Br)cccc1-n1cc(C(=O)C(F)(F)F)nn1. The monoisotopic (exact) mass is 333 g/mol. The molecule has 0 spiro atoms. The molecule has 19 heavy (non-hydrogen) atoms. The number of carbonyl (C=O) groups excluding carboxylic acids is 1. The third kappa shape index (κ3) is 2.67. The van der Waals surface area contributed by atoms with Crippen LogP contribution in [0, 0.1) is 6.92 Å². The van der Waals surface area contributed by atoms with Crippen LogP contribution in [0.2, 0.25) is 0 Å². The molecule has 2 aromatic rings. The van der Waals surface area contributed by atoms with Crippen molar-refractivity contribution in [2.24, 2.45) is 0 Å². The first-order chi connectivity index (χ1) is 8.80. The van der Waals surface area contributed by atoms with E-state index in [1.54, 1.807) is 25.1 Å². The maximum absolute atomic E-state index is 12.3. The van der Waals surface area contributed by atoms with Crippen LogP contribution < -0.4 is 0 Å². The molecule has 1 aromatic heterocycles. The van der Waals surface area contributed by atoms with E-state index in [9.17, 15) is 18.0 Å². The van der Waals surface area contributed by atoms with Crippen LogP contribution in [0.25, 0.3) is 5.69 Å². The van der Waals surface area contributed by atoms with Crippen LogP contribution in [0.1, 0.15) is 16.1 Å². The minimum atomic E-state index is -4.95. The molecule has 0 fully saturated rings. The van der Waals surface area contributed by atoms with Crippen molar-refractivity contribution in [2.45, 2.75) is 13.1 Å². The molecule has 0 atom stereocenters. The summed E-state index contributed by atoms with van der Waals surface area (Å²) in [5.41, 5.74) is 0.591. The van der Waals surface area contributed by atoms with Crippen molar-refractivity contribution in [3.8, 4) is 5.69 Å². The van der Waals surface area contributed by atoms with Gasteiger partial charge in [0.1, 0.15) is 0 Å². The lowest BCUT2D eigenvalue weighted by atomic mass is 10.2. The Labute approximate surface area is 114 Å². The molecule has 1 heterocycles. The molecular weight excluding hydrogens is 327 g/mol. The molecule has 8 heteroatoms. The fourth-order valence-electron chi connectivity index (χ4n) is 1.48. The number of hydrogen-bond donors (Lipinski definition) is 0. The molecule has 0 aliphatic carbocycles. The highest BCUT2D eigenvalue weighted by atomic mass is 79.9. The van der Waals surface area contributed by atoms with Gasteiger partial charge in [-0.2, -0.15) is 13.2 Å². The lowest BCUT2D eigenvalue weighted by Gasteiger charge is -2.06. The smallest absolute Gasteiger partial charge is 0.282 e. The number of hydrogen-bond acceptors (Lipinski definition) is 3. The second-order valence-corrected chi connectivity index (χ2v) is 4.61. The Morgan fingerprint density at radius 2 is 2.05 bits per heavy atom. The minimum absolute atomic E-state index is 0.545. The Balaban J connectivity index is 2.42. The van der Waals surface area contributed by atoms with Gasteiger partial charge in [-0.05, 0) is 24.6 Å². The lowest BCUT2D eigenvalue weighted by Crippen LogP contribution is -2.23. The summed E-state index contributed by atoms with van der Waals surface area (Å²) in [7, 11) is 0. The Morgan fingerprint density at radius 1 is 1.37 bits per heavy atom. The van der Waals surface area contributed by atoms with Crippen LogP contribution in [0.5, 0.6) is 0 Å². The zero-order valence-electron chi connectivity index (χ0n) is 9.57. The van der Waals surface area contributed by atoms with E-state index in [2.05, 4.69) is 26.2 Å². The van der Waals surface area contributed by atoms with Crippen molar-refractivity contribution in [3.05, 3.63) is 40.1 Å². The van der Waals surface area contributed by atoms with Crippen molar-refractivity contribution >= 4 is 21.7 Å². The van der Waals surface area contributed by atoms with E-state index in [-0.39, 0.29) is 0 Å². The van der Waals surface area contributed by atoms with Gasteiger partial charge in [-0.1, -0.05) is 27.2 Å². The molecule has 1 aromatic carbocycles. The average Bonchev–Trinajstić information content (AvgIpc) is 2.79. The maximum atomic E-state index is 12.3. The molecule has 0 amide bonds. The topological polar surface area (TPSA) is 47.8 Å². The van der Waals surface area contributed by atoms with Gasteiger partial charge in [0, 0.05) is 4.47 Å². The third-order valence-corrected chi connectivity index (χ3v) is 3.33. The van der Waals surface area contributed by atoms with E-state index >= 15 is 0 Å². The third-order valence-electron chi connectivity index (χ3n) is 2.47. The quantitative estimate of drug-likeness (QED) is 0.793. The standard InChI is InChI=1S/C11H7BrF3N3O/c1-6-7(12)3-2-4-9(6)18-5-8(16-17-18)10(19)11(13,14)15/h2-5H,1H3. The van der Waals surface area contributed by atoms with Gasteiger partial charge in [0.05, 0.1) is 11.9 Å². The normalized spacial score (nSPS) is 11.6. The van der Waals surface area contributed by atoms with Gasteiger partial charge in [-0.3, -0.25) is 4.79 Å². The Hall–Kier alpha value is -1.70. The first kappa shape index (κ1) is 13.7. The van der Waals surface area contributed by atoms with Gasteiger partial charge in [0.15, 0.2) is 5.69 Å². The number of benzene rings is 1. The van der Waals surface area contributed by atoms with E-state index in [4.69, 9.17) is 0 Å². The summed E-state index contributed by atoms with van der Waals surface area (Å²) in [6.45, 7) is 1.77. The molecule has 0 aliphatic heterocycles. The summed E-state index contributed by atoms with van der Waals surface area (Å²) >= 11 is 3.30. The first-order valence-corrected chi connectivity index (χ1v) is 5.89. The van der Waals surface area contributed by atoms with Crippen molar-refractivity contribution < 1.29 is 18.0 Å². The molecule has 0 saturated carbocycles. The van der Waals surface area contributed by atoms with Gasteiger partial charge in [-0.25, -0.2) is 4.68 Å². The van der Waals surface area contributed by atoms with E-state index in [1.165, 1.54) is 0 Å². The van der Waals surface area contributed by atoms with Crippen LogP contribution in [0.15, 0.2) is 28.9 Å². The molecular formula is C11H7BrF3N3O. The van der Waals surface area contributed by atoms with Gasteiger partial charge in [0.2, 0.25) is 0 Å². The summed E-state index contributed by atoms with van der Waals surface area (Å²) in [5, 5.41) is 6.81. The number of nitrogens with zero attached hydrogens (tertiary/aromatic N) is 3. The fourth-order valence-corrected chi connectivity index (χ4v) is 1.83. The van der Waals surface area contributed by atoms with Crippen LogP contribution in [-0.4, -0.2) is 27.0 Å². The number of aromatic nitrogens is 3. The summed E-state index contributed by atoms with van der Waals surface area (Å²) < 4.78 is 38.7. The number of ketones is 1. The number of Topliss-reactive ketones (excluding diaryl/α,β-unsaturated/α-hetero) is 1. The summed E-state index contributed by atoms with van der Waals surface area (Å²) in [5.74, 6) is -2.01. The molecule has 0 saturated heterocycles. The average molecular weight is 334 g/mol. The van der Waals surface area contributed by atoms with Crippen molar-refractivity contribution in [1.29, 1.82) is 0 Å². The Kier molecular flexibility index (Phi) is 3.44. The molecule has 2 rings (SSSR count). The molecule has 0 aliphatic rings. The number of halogens is 4. The van der Waals surface area contributed by atoms with Crippen molar-refractivity contribution in [1.82, 2.24) is 15.0 Å². The fraction of sp³-hybridized carbons (Fsp3) is 0.182. The van der Waals surface area contributed by atoms with E-state index < -0.39 is 17.7 Å². The largest absolute Gasteiger partial charge is 0.456 e. The highest BCUT2D eigenvalue weighted by molar-refractivity contribution is 9.10. The molecule has 0 bridgehead atoms. The summed E-state index contributed by atoms with van der Waals surface area (Å²) in [6, 6.07) is 5.16. The van der Waals surface area contributed by atoms with Gasteiger partial charge in [0.25, 0.3) is 5.78 Å². The molecule has 4 nitrogen and oxygen atoms in total. The van der Waals surface area contributed by atoms with Crippen molar-refractivity contribution in [3.63, 3.8) is 0 Å². The Bertz CT molecular complexity index is 636. The Morgan fingerprint density at radius 3 is 2.68 bits per heavy atom. The second-order valence-electron chi connectivity index (χ2n) is 3.76. The van der Waals surface area contributed by atoms with Crippen LogP contribution in [-0.2, 0) is 0 Å². The van der Waals surface area contributed by atoms with Crippen molar-refractivity contribution in [2.75, 3.05) is 0 Å². The lowest BCUT2D eigenvalue weighted by molar-refractivity contribution is -0.0888. The number of alkyl halides is 3. The van der Waals surface area contributed by atoms with E-state index in [0.717, 1.165) is 20.9 Å². The minimum Gasteiger partial charge on any atom is -0.282 e. The highest BCUT2D eigenvalue weighted by Crippen LogP contribution is 2.24. The predicted octanol–water partition coefficient (Wildman–Crippen LogP) is 3.08. The first-order valence-electron chi connectivity index (χ1n) is 5.10. The molecule has 0 radical (unpaired) electrons. The van der Waals surface area contributed by atoms with Gasteiger partial charge in [-0.15, -0.1) is 5.10 Å². The molecule has 0 unspecified atom stereocenters. The molecule has 100 valence electrons. The van der Waals surface area contributed by atoms with Gasteiger partial charge < -0.3 is 0 Å². The number of rotatable bonds is 2. The second kappa shape index (κ2) is 4.76. The zero-order chi connectivity index (χ0) is 14.2. The highest BCUT2D eigenvalue weighted by Gasteiger charge is 2.41. The number of carbonyl (C=O) groups is 1. The van der Waals surface area contributed by atoms with E-state index in [0.29, 0.717) is 5.69 Å².